The summed E-state index contributed by atoms with van der Waals surface area (Å²) in [5, 5.41) is 3.24. The van der Waals surface area contributed by atoms with Gasteiger partial charge in [-0.15, -0.1) is 0 Å². The number of rotatable bonds is 2. The number of hydrogen-bond acceptors (Lipinski definition) is 2. The highest BCUT2D eigenvalue weighted by atomic mass is 19.3. The van der Waals surface area contributed by atoms with Gasteiger partial charge in [0.1, 0.15) is 0 Å². The largest absolute Gasteiger partial charge is 0.369 e. The van der Waals surface area contributed by atoms with Crippen LogP contribution in [0.5, 0.6) is 0 Å². The fourth-order valence-corrected chi connectivity index (χ4v) is 1.90. The van der Waals surface area contributed by atoms with Gasteiger partial charge in [-0.3, -0.25) is 0 Å². The highest BCUT2D eigenvalue weighted by molar-refractivity contribution is 5.49. The predicted octanol–water partition coefficient (Wildman–Crippen LogP) is 3.23. The second-order valence-electron chi connectivity index (χ2n) is 4.18. The van der Waals surface area contributed by atoms with E-state index in [0.29, 0.717) is 0 Å². The third-order valence-corrected chi connectivity index (χ3v) is 2.84. The van der Waals surface area contributed by atoms with E-state index in [-0.39, 0.29) is 5.56 Å². The molecule has 0 saturated carbocycles. The van der Waals surface area contributed by atoms with Gasteiger partial charge in [-0.2, -0.15) is 0 Å². The van der Waals surface area contributed by atoms with Crippen molar-refractivity contribution in [3.8, 4) is 0 Å². The monoisotopic (exact) mass is 256 g/mol. The Balaban J connectivity index is 0.000000771. The summed E-state index contributed by atoms with van der Waals surface area (Å²) in [5.74, 6) is -2.76. The van der Waals surface area contributed by atoms with Crippen molar-refractivity contribution in [3.63, 3.8) is 0 Å². The van der Waals surface area contributed by atoms with Gasteiger partial charge in [0.2, 0.25) is 0 Å². The SMILES string of the molecule is CC.CC(F)(F)c1cccc(N2CCNCC2)c1. The summed E-state index contributed by atoms with van der Waals surface area (Å²) in [6.45, 7) is 8.50. The third kappa shape index (κ3) is 3.95. The lowest BCUT2D eigenvalue weighted by Crippen LogP contribution is -2.43. The molecule has 1 saturated heterocycles. The molecule has 2 rings (SSSR count). The fourth-order valence-electron chi connectivity index (χ4n) is 1.90. The van der Waals surface area contributed by atoms with Crippen LogP contribution in [0.25, 0.3) is 0 Å². The van der Waals surface area contributed by atoms with Crippen LogP contribution in [0.4, 0.5) is 14.5 Å². The van der Waals surface area contributed by atoms with E-state index in [2.05, 4.69) is 10.2 Å². The third-order valence-electron chi connectivity index (χ3n) is 2.84. The second-order valence-corrected chi connectivity index (χ2v) is 4.18. The van der Waals surface area contributed by atoms with Crippen LogP contribution in [0.3, 0.4) is 0 Å². The van der Waals surface area contributed by atoms with E-state index >= 15 is 0 Å². The molecule has 0 amide bonds. The quantitative estimate of drug-likeness (QED) is 0.874. The maximum atomic E-state index is 13.2. The summed E-state index contributed by atoms with van der Waals surface area (Å²) in [5.41, 5.74) is 0.976. The van der Waals surface area contributed by atoms with Crippen LogP contribution in [0.2, 0.25) is 0 Å². The molecule has 2 nitrogen and oxygen atoms in total. The Morgan fingerprint density at radius 3 is 2.33 bits per heavy atom. The molecular weight excluding hydrogens is 234 g/mol. The van der Waals surface area contributed by atoms with Crippen LogP contribution in [0.15, 0.2) is 24.3 Å². The molecule has 18 heavy (non-hydrogen) atoms. The first-order valence-electron chi connectivity index (χ1n) is 6.51. The molecule has 0 aliphatic carbocycles. The Labute approximate surface area is 108 Å². The van der Waals surface area contributed by atoms with E-state index in [9.17, 15) is 8.78 Å². The Hall–Kier alpha value is -1.16. The van der Waals surface area contributed by atoms with Crippen LogP contribution in [-0.4, -0.2) is 26.2 Å². The topological polar surface area (TPSA) is 15.3 Å². The molecule has 0 bridgehead atoms. The molecule has 0 aromatic heterocycles. The van der Waals surface area contributed by atoms with Gasteiger partial charge in [0.05, 0.1) is 0 Å². The first kappa shape index (κ1) is 14.9. The summed E-state index contributed by atoms with van der Waals surface area (Å²) in [7, 11) is 0. The molecule has 1 aromatic carbocycles. The lowest BCUT2D eigenvalue weighted by atomic mass is 10.1. The first-order chi connectivity index (χ1) is 8.57. The summed E-state index contributed by atoms with van der Waals surface area (Å²) >= 11 is 0. The maximum Gasteiger partial charge on any atom is 0.270 e. The second kappa shape index (κ2) is 6.69. The van der Waals surface area contributed by atoms with Crippen molar-refractivity contribution in [2.45, 2.75) is 26.7 Å². The van der Waals surface area contributed by atoms with E-state index in [1.165, 1.54) is 6.07 Å². The smallest absolute Gasteiger partial charge is 0.270 e. The molecule has 1 heterocycles. The molecule has 0 radical (unpaired) electrons. The number of benzene rings is 1. The van der Waals surface area contributed by atoms with E-state index in [4.69, 9.17) is 0 Å². The number of alkyl halides is 2. The lowest BCUT2D eigenvalue weighted by molar-refractivity contribution is 0.0175. The van der Waals surface area contributed by atoms with Crippen LogP contribution in [0, 0.1) is 0 Å². The highest BCUT2D eigenvalue weighted by Gasteiger charge is 2.24. The number of hydrogen-bond donors (Lipinski definition) is 1. The van der Waals surface area contributed by atoms with E-state index in [1.807, 2.05) is 19.9 Å². The zero-order chi connectivity index (χ0) is 13.6. The van der Waals surface area contributed by atoms with Gasteiger partial charge >= 0.3 is 0 Å². The van der Waals surface area contributed by atoms with Crippen LogP contribution >= 0.6 is 0 Å². The van der Waals surface area contributed by atoms with Crippen LogP contribution < -0.4 is 10.2 Å². The molecule has 0 atom stereocenters. The van der Waals surface area contributed by atoms with Crippen molar-refractivity contribution < 1.29 is 8.78 Å². The van der Waals surface area contributed by atoms with Gasteiger partial charge in [-0.25, -0.2) is 8.78 Å². The average molecular weight is 256 g/mol. The Kier molecular flexibility index (Phi) is 5.54. The summed E-state index contributed by atoms with van der Waals surface area (Å²) in [6.07, 6.45) is 0. The molecular formula is C14H22F2N2. The van der Waals surface area contributed by atoms with Crippen molar-refractivity contribution in [2.24, 2.45) is 0 Å². The van der Waals surface area contributed by atoms with E-state index in [0.717, 1.165) is 38.8 Å². The summed E-state index contributed by atoms with van der Waals surface area (Å²) < 4.78 is 26.3. The zero-order valence-electron chi connectivity index (χ0n) is 11.3. The minimum absolute atomic E-state index is 0.0866. The standard InChI is InChI=1S/C12H16F2N2.C2H6/c1-12(13,14)10-3-2-4-11(9-10)16-7-5-15-6-8-16;1-2/h2-4,9,15H,5-8H2,1H3;1-2H3. The Morgan fingerprint density at radius 1 is 1.17 bits per heavy atom. The molecule has 0 unspecified atom stereocenters. The van der Waals surface area contributed by atoms with Crippen LogP contribution in [-0.2, 0) is 5.92 Å². The molecule has 4 heteroatoms. The molecule has 102 valence electrons. The van der Waals surface area contributed by atoms with Gasteiger partial charge in [-0.1, -0.05) is 26.0 Å². The number of anilines is 1. The molecule has 1 N–H and O–H groups in total. The highest BCUT2D eigenvalue weighted by Crippen LogP contribution is 2.29. The normalized spacial score (nSPS) is 15.9. The first-order valence-corrected chi connectivity index (χ1v) is 6.51. The van der Waals surface area contributed by atoms with Gasteiger partial charge in [0, 0.05) is 44.4 Å². The van der Waals surface area contributed by atoms with Gasteiger partial charge in [0.15, 0.2) is 0 Å². The molecule has 0 spiro atoms. The van der Waals surface area contributed by atoms with Gasteiger partial charge in [0.25, 0.3) is 5.92 Å². The molecule has 1 aliphatic heterocycles. The Bertz CT molecular complexity index is 355. The number of nitrogens with one attached hydrogen (secondary N) is 1. The molecule has 1 aromatic rings. The minimum atomic E-state index is -2.76. The van der Waals surface area contributed by atoms with Crippen molar-refractivity contribution in [1.29, 1.82) is 0 Å². The van der Waals surface area contributed by atoms with E-state index < -0.39 is 5.92 Å². The predicted molar refractivity (Wildman–Crippen MR) is 72.4 cm³/mol. The average Bonchev–Trinajstić information content (AvgIpc) is 2.41. The summed E-state index contributed by atoms with van der Waals surface area (Å²) in [6, 6.07) is 6.65. The number of piperazine rings is 1. The van der Waals surface area contributed by atoms with Crippen LogP contribution in [0.1, 0.15) is 26.3 Å². The number of nitrogens with zero attached hydrogens (tertiary/aromatic N) is 1. The van der Waals surface area contributed by atoms with E-state index in [1.54, 1.807) is 12.1 Å². The maximum absolute atomic E-state index is 13.2. The number of halogens is 2. The zero-order valence-corrected chi connectivity index (χ0v) is 11.3. The summed E-state index contributed by atoms with van der Waals surface area (Å²) in [4.78, 5) is 2.13. The van der Waals surface area contributed by atoms with Crippen molar-refractivity contribution in [2.75, 3.05) is 31.1 Å². The van der Waals surface area contributed by atoms with Crippen molar-refractivity contribution in [3.05, 3.63) is 29.8 Å². The van der Waals surface area contributed by atoms with Gasteiger partial charge < -0.3 is 10.2 Å². The minimum Gasteiger partial charge on any atom is -0.369 e. The fraction of sp³-hybridized carbons (Fsp3) is 0.571. The van der Waals surface area contributed by atoms with Gasteiger partial charge in [-0.05, 0) is 12.1 Å². The molecule has 1 aliphatic rings. The Morgan fingerprint density at radius 2 is 1.78 bits per heavy atom. The van der Waals surface area contributed by atoms with Crippen molar-refractivity contribution >= 4 is 5.69 Å². The molecule has 1 fully saturated rings. The van der Waals surface area contributed by atoms with Crippen molar-refractivity contribution in [1.82, 2.24) is 5.32 Å². The lowest BCUT2D eigenvalue weighted by Gasteiger charge is -2.30.